The van der Waals surface area contributed by atoms with Gasteiger partial charge in [-0.15, -0.1) is 11.3 Å². The Balaban J connectivity index is 1.98. The molecule has 1 aromatic carbocycles. The minimum Gasteiger partial charge on any atom is -0.496 e. The van der Waals surface area contributed by atoms with Crippen molar-refractivity contribution in [1.82, 2.24) is 5.32 Å². The van der Waals surface area contributed by atoms with Crippen molar-refractivity contribution in [3.63, 3.8) is 0 Å². The lowest BCUT2D eigenvalue weighted by Gasteiger charge is -2.14. The highest BCUT2D eigenvalue weighted by molar-refractivity contribution is 7.10. The summed E-state index contributed by atoms with van der Waals surface area (Å²) in [6, 6.07) is 7.59. The molecule has 0 bridgehead atoms. The van der Waals surface area contributed by atoms with E-state index in [1.165, 1.54) is 0 Å². The summed E-state index contributed by atoms with van der Waals surface area (Å²) in [5.41, 5.74) is 9.13. The number of nitrogens with two attached hydrogens (primary N) is 1. The molecule has 0 fully saturated rings. The van der Waals surface area contributed by atoms with Gasteiger partial charge in [0.2, 0.25) is 0 Å². The summed E-state index contributed by atoms with van der Waals surface area (Å²) in [6.45, 7) is 0.730. The molecule has 3 rings (SSSR count). The molecule has 3 N–H and O–H groups in total. The first kappa shape index (κ1) is 14.1. The van der Waals surface area contributed by atoms with Crippen LogP contribution in [0.25, 0.3) is 0 Å². The Morgan fingerprint density at radius 2 is 2.24 bits per heavy atom. The average molecular weight is 302 g/mol. The van der Waals surface area contributed by atoms with Gasteiger partial charge in [-0.3, -0.25) is 4.79 Å². The molecule has 1 atom stereocenters. The lowest BCUT2D eigenvalue weighted by atomic mass is 9.97. The summed E-state index contributed by atoms with van der Waals surface area (Å²) < 4.78 is 5.33. The van der Waals surface area contributed by atoms with Gasteiger partial charge >= 0.3 is 0 Å². The highest BCUT2D eigenvalue weighted by Crippen LogP contribution is 2.34. The smallest absolute Gasteiger partial charge is 0.251 e. The number of amides is 1. The number of nitrogens with one attached hydrogen (secondary N) is 1. The number of hydrogen-bond donors (Lipinski definition) is 2. The van der Waals surface area contributed by atoms with Gasteiger partial charge in [-0.2, -0.15) is 0 Å². The third-order valence-corrected chi connectivity index (χ3v) is 4.79. The number of methoxy groups -OCH3 is 1. The summed E-state index contributed by atoms with van der Waals surface area (Å²) in [6.07, 6.45) is 1.90. The van der Waals surface area contributed by atoms with Crippen LogP contribution in [0.3, 0.4) is 0 Å². The second kappa shape index (κ2) is 5.87. The molecule has 21 heavy (non-hydrogen) atoms. The average Bonchev–Trinajstić information content (AvgIpc) is 2.91. The fraction of sp³-hybridized carbons (Fsp3) is 0.312. The molecule has 0 saturated heterocycles. The molecule has 1 aromatic heterocycles. The van der Waals surface area contributed by atoms with Crippen LogP contribution in [0.5, 0.6) is 5.75 Å². The van der Waals surface area contributed by atoms with E-state index in [1.807, 2.05) is 29.6 Å². The highest BCUT2D eigenvalue weighted by Gasteiger charge is 2.20. The van der Waals surface area contributed by atoms with Crippen LogP contribution in [0, 0.1) is 0 Å². The Bertz CT molecular complexity index is 666. The molecule has 2 aromatic rings. The number of ether oxygens (including phenoxy) is 1. The van der Waals surface area contributed by atoms with E-state index < -0.39 is 0 Å². The molecule has 1 amide bonds. The van der Waals surface area contributed by atoms with E-state index in [0.29, 0.717) is 0 Å². The normalized spacial score (nSPS) is 15.8. The Morgan fingerprint density at radius 3 is 3.05 bits per heavy atom. The SMILES string of the molecule is COc1ccsc1C(N)c1ccc2c(c1)C(=O)NCCC2. The van der Waals surface area contributed by atoms with Gasteiger partial charge < -0.3 is 15.8 Å². The Kier molecular flexibility index (Phi) is 3.94. The molecule has 1 aliphatic rings. The molecule has 0 aliphatic carbocycles. The van der Waals surface area contributed by atoms with Crippen molar-refractivity contribution in [2.24, 2.45) is 5.73 Å². The quantitative estimate of drug-likeness (QED) is 0.915. The van der Waals surface area contributed by atoms with Crippen molar-refractivity contribution in [2.75, 3.05) is 13.7 Å². The highest BCUT2D eigenvalue weighted by atomic mass is 32.1. The number of carbonyl (C=O) groups excluding carboxylic acids is 1. The summed E-state index contributed by atoms with van der Waals surface area (Å²) in [5.74, 6) is 0.793. The summed E-state index contributed by atoms with van der Waals surface area (Å²) in [5, 5.41) is 4.88. The molecule has 4 nitrogen and oxygen atoms in total. The molecular weight excluding hydrogens is 284 g/mol. The van der Waals surface area contributed by atoms with E-state index in [0.717, 1.165) is 46.7 Å². The summed E-state index contributed by atoms with van der Waals surface area (Å²) in [4.78, 5) is 13.1. The van der Waals surface area contributed by atoms with Gasteiger partial charge in [-0.1, -0.05) is 12.1 Å². The molecular formula is C16H18N2O2S. The lowest BCUT2D eigenvalue weighted by molar-refractivity contribution is 0.0956. The first-order valence-electron chi connectivity index (χ1n) is 6.98. The number of benzene rings is 1. The minimum atomic E-state index is -0.277. The largest absolute Gasteiger partial charge is 0.496 e. The van der Waals surface area contributed by atoms with Crippen molar-refractivity contribution in [2.45, 2.75) is 18.9 Å². The van der Waals surface area contributed by atoms with Crippen molar-refractivity contribution in [3.8, 4) is 5.75 Å². The van der Waals surface area contributed by atoms with Gasteiger partial charge in [0.15, 0.2) is 0 Å². The summed E-state index contributed by atoms with van der Waals surface area (Å²) in [7, 11) is 1.64. The Morgan fingerprint density at radius 1 is 1.38 bits per heavy atom. The van der Waals surface area contributed by atoms with Crippen LogP contribution in [0.4, 0.5) is 0 Å². The fourth-order valence-corrected chi connectivity index (χ4v) is 3.54. The molecule has 110 valence electrons. The van der Waals surface area contributed by atoms with Crippen molar-refractivity contribution < 1.29 is 9.53 Å². The lowest BCUT2D eigenvalue weighted by Crippen LogP contribution is -2.23. The minimum absolute atomic E-state index is 0.00491. The van der Waals surface area contributed by atoms with Gasteiger partial charge in [0.1, 0.15) is 5.75 Å². The molecule has 0 saturated carbocycles. The number of fused-ring (bicyclic) bond motifs is 1. The van der Waals surface area contributed by atoms with Crippen LogP contribution >= 0.6 is 11.3 Å². The van der Waals surface area contributed by atoms with Crippen LogP contribution in [-0.2, 0) is 6.42 Å². The van der Waals surface area contributed by atoms with E-state index in [1.54, 1.807) is 18.4 Å². The molecule has 0 radical (unpaired) electrons. The maximum absolute atomic E-state index is 12.1. The predicted octanol–water partition coefficient (Wildman–Crippen LogP) is 2.48. The molecule has 2 heterocycles. The molecule has 0 spiro atoms. The number of carbonyl (C=O) groups is 1. The van der Waals surface area contributed by atoms with Crippen LogP contribution in [0.2, 0.25) is 0 Å². The van der Waals surface area contributed by atoms with Crippen LogP contribution in [-0.4, -0.2) is 19.6 Å². The molecule has 5 heteroatoms. The zero-order chi connectivity index (χ0) is 14.8. The number of hydrogen-bond acceptors (Lipinski definition) is 4. The second-order valence-corrected chi connectivity index (χ2v) is 6.05. The van der Waals surface area contributed by atoms with Crippen molar-refractivity contribution in [1.29, 1.82) is 0 Å². The third kappa shape index (κ3) is 2.66. The van der Waals surface area contributed by atoms with Crippen molar-refractivity contribution >= 4 is 17.2 Å². The monoisotopic (exact) mass is 302 g/mol. The standard InChI is InChI=1S/C16H18N2O2S/c1-20-13-6-8-21-15(13)14(17)11-5-4-10-3-2-7-18-16(19)12(10)9-11/h4-6,8-9,14H,2-3,7,17H2,1H3,(H,18,19). The Labute approximate surface area is 127 Å². The maximum atomic E-state index is 12.1. The topological polar surface area (TPSA) is 64.3 Å². The molecule has 1 aliphatic heterocycles. The third-order valence-electron chi connectivity index (χ3n) is 3.81. The van der Waals surface area contributed by atoms with Crippen LogP contribution in [0.1, 0.15) is 38.8 Å². The Hall–Kier alpha value is -1.85. The fourth-order valence-electron chi connectivity index (χ4n) is 2.65. The van der Waals surface area contributed by atoms with Crippen LogP contribution < -0.4 is 15.8 Å². The number of rotatable bonds is 3. The maximum Gasteiger partial charge on any atom is 0.251 e. The molecule has 1 unspecified atom stereocenters. The second-order valence-electron chi connectivity index (χ2n) is 5.11. The van der Waals surface area contributed by atoms with Crippen molar-refractivity contribution in [3.05, 3.63) is 51.2 Å². The van der Waals surface area contributed by atoms with Gasteiger partial charge in [0, 0.05) is 12.1 Å². The predicted molar refractivity (Wildman–Crippen MR) is 84.0 cm³/mol. The van der Waals surface area contributed by atoms with E-state index >= 15 is 0 Å². The van der Waals surface area contributed by atoms with Gasteiger partial charge in [-0.25, -0.2) is 0 Å². The van der Waals surface area contributed by atoms with Gasteiger partial charge in [0.25, 0.3) is 5.91 Å². The first-order valence-corrected chi connectivity index (χ1v) is 7.86. The zero-order valence-corrected chi connectivity index (χ0v) is 12.7. The first-order chi connectivity index (χ1) is 10.2. The summed E-state index contributed by atoms with van der Waals surface area (Å²) >= 11 is 1.57. The van der Waals surface area contributed by atoms with Crippen LogP contribution in [0.15, 0.2) is 29.6 Å². The van der Waals surface area contributed by atoms with E-state index in [4.69, 9.17) is 10.5 Å². The van der Waals surface area contributed by atoms with E-state index in [2.05, 4.69) is 5.32 Å². The zero-order valence-electron chi connectivity index (χ0n) is 11.9. The van der Waals surface area contributed by atoms with Gasteiger partial charge in [0.05, 0.1) is 18.0 Å². The van der Waals surface area contributed by atoms with E-state index in [9.17, 15) is 4.79 Å². The number of aryl methyl sites for hydroxylation is 1. The van der Waals surface area contributed by atoms with Gasteiger partial charge in [-0.05, 0) is 41.5 Å². The number of thiophene rings is 1. The van der Waals surface area contributed by atoms with E-state index in [-0.39, 0.29) is 11.9 Å².